The van der Waals surface area contributed by atoms with Crippen molar-refractivity contribution < 1.29 is 17.9 Å². The third kappa shape index (κ3) is 5.86. The van der Waals surface area contributed by atoms with Gasteiger partial charge in [-0.05, 0) is 81.8 Å². The van der Waals surface area contributed by atoms with E-state index >= 15 is 0 Å². The Labute approximate surface area is 229 Å². The Morgan fingerprint density at radius 3 is 2.44 bits per heavy atom. The van der Waals surface area contributed by atoms with Crippen molar-refractivity contribution in [3.05, 3.63) is 69.7 Å². The maximum atomic E-state index is 13.3. The van der Waals surface area contributed by atoms with Gasteiger partial charge in [0.25, 0.3) is 5.91 Å². The second kappa shape index (κ2) is 11.2. The fraction of sp³-hybridized carbons (Fsp3) is 0.379. The molecule has 2 aromatic heterocycles. The molecular weight excluding hydrogens is 514 g/mol. The van der Waals surface area contributed by atoms with E-state index in [1.807, 2.05) is 55.9 Å². The highest BCUT2D eigenvalue weighted by Crippen LogP contribution is 2.35. The van der Waals surface area contributed by atoms with Crippen LogP contribution in [-0.2, 0) is 23.5 Å². The van der Waals surface area contributed by atoms with E-state index in [0.717, 1.165) is 44.7 Å². The molecule has 39 heavy (non-hydrogen) atoms. The van der Waals surface area contributed by atoms with Gasteiger partial charge in [0, 0.05) is 35.8 Å². The molecule has 10 heteroatoms. The Kier molecular flexibility index (Phi) is 8.17. The summed E-state index contributed by atoms with van der Waals surface area (Å²) >= 11 is 0. The lowest BCUT2D eigenvalue weighted by atomic mass is 9.98. The smallest absolute Gasteiger partial charge is 0.281 e. The summed E-state index contributed by atoms with van der Waals surface area (Å²) in [5.74, 6) is -0.229. The van der Waals surface area contributed by atoms with Gasteiger partial charge in [-0.2, -0.15) is 5.10 Å². The van der Waals surface area contributed by atoms with Crippen LogP contribution in [0.4, 0.5) is 0 Å². The predicted molar refractivity (Wildman–Crippen MR) is 155 cm³/mol. The number of ether oxygens (including phenoxy) is 1. The number of para-hydroxylation sites is 1. The van der Waals surface area contributed by atoms with E-state index in [4.69, 9.17) is 10.5 Å². The van der Waals surface area contributed by atoms with E-state index in [-0.39, 0.29) is 18.0 Å². The van der Waals surface area contributed by atoms with Crippen LogP contribution in [-0.4, -0.2) is 48.0 Å². The van der Waals surface area contributed by atoms with Gasteiger partial charge >= 0.3 is 0 Å². The molecular formula is C29H37N5O4S. The normalized spacial score (nSPS) is 11.8. The fourth-order valence-electron chi connectivity index (χ4n) is 5.02. The zero-order valence-electron chi connectivity index (χ0n) is 23.4. The molecule has 0 radical (unpaired) electrons. The van der Waals surface area contributed by atoms with Crippen LogP contribution < -0.4 is 15.2 Å². The monoisotopic (exact) mass is 551 g/mol. The lowest BCUT2D eigenvalue weighted by molar-refractivity contribution is 0.0976. The van der Waals surface area contributed by atoms with Crippen molar-refractivity contribution in [1.29, 1.82) is 0 Å². The Morgan fingerprint density at radius 2 is 1.82 bits per heavy atom. The van der Waals surface area contributed by atoms with Crippen LogP contribution >= 0.6 is 0 Å². The van der Waals surface area contributed by atoms with Crippen LogP contribution in [0.2, 0.25) is 0 Å². The maximum Gasteiger partial charge on any atom is 0.281 e. The van der Waals surface area contributed by atoms with Crippen molar-refractivity contribution in [2.24, 2.45) is 12.8 Å². The highest BCUT2D eigenvalue weighted by atomic mass is 32.2. The Balaban J connectivity index is 1.70. The van der Waals surface area contributed by atoms with Crippen molar-refractivity contribution in [2.45, 2.75) is 47.5 Å². The standard InChI is InChI=1S/C29H37N5O4S/c1-17-15-22(16-18(2)19(17)3)38-13-8-11-24-23-9-7-10-25(26-20(4)32-34(6)21(26)5)27(23)31-28(24)29(35)33-39(36,37)14-12-30/h7,9-10,15-16,31H,8,11-14,30H2,1-6H3,(H,33,35). The second-order valence-electron chi connectivity index (χ2n) is 10.0. The van der Waals surface area contributed by atoms with Crippen LogP contribution in [0.3, 0.4) is 0 Å². The highest BCUT2D eigenvalue weighted by Gasteiger charge is 2.24. The average Bonchev–Trinajstić information content (AvgIpc) is 3.36. The van der Waals surface area contributed by atoms with Gasteiger partial charge in [0.1, 0.15) is 11.4 Å². The number of H-pyrrole nitrogens is 1. The molecule has 2 heterocycles. The molecule has 4 rings (SSSR count). The minimum absolute atomic E-state index is 0.0822. The van der Waals surface area contributed by atoms with Crippen LogP contribution in [0.25, 0.3) is 22.0 Å². The third-order valence-corrected chi connectivity index (χ3v) is 8.59. The number of hydrogen-bond donors (Lipinski definition) is 3. The molecule has 0 aliphatic carbocycles. The van der Waals surface area contributed by atoms with Crippen LogP contribution in [0.15, 0.2) is 30.3 Å². The summed E-state index contributed by atoms with van der Waals surface area (Å²) in [6.45, 7) is 10.5. The third-order valence-electron chi connectivity index (χ3n) is 7.32. The van der Waals surface area contributed by atoms with Crippen molar-refractivity contribution in [3.63, 3.8) is 0 Å². The number of aryl methyl sites for hydroxylation is 5. The van der Waals surface area contributed by atoms with Gasteiger partial charge in [-0.15, -0.1) is 0 Å². The first-order valence-corrected chi connectivity index (χ1v) is 14.7. The largest absolute Gasteiger partial charge is 0.494 e. The first-order valence-electron chi connectivity index (χ1n) is 13.0. The number of benzene rings is 2. The summed E-state index contributed by atoms with van der Waals surface area (Å²) in [6, 6.07) is 9.93. The van der Waals surface area contributed by atoms with Gasteiger partial charge in [-0.1, -0.05) is 18.2 Å². The van der Waals surface area contributed by atoms with Gasteiger partial charge in [-0.3, -0.25) is 9.48 Å². The number of nitrogens with zero attached hydrogens (tertiary/aromatic N) is 2. The Morgan fingerprint density at radius 1 is 1.13 bits per heavy atom. The molecule has 9 nitrogen and oxygen atoms in total. The minimum atomic E-state index is -3.86. The quantitative estimate of drug-likeness (QED) is 0.254. The first-order chi connectivity index (χ1) is 18.4. The number of aromatic nitrogens is 3. The number of rotatable bonds is 10. The number of amides is 1. The van der Waals surface area contributed by atoms with Gasteiger partial charge in [0.15, 0.2) is 0 Å². The second-order valence-corrected chi connectivity index (χ2v) is 11.9. The highest BCUT2D eigenvalue weighted by molar-refractivity contribution is 7.90. The van der Waals surface area contributed by atoms with Crippen molar-refractivity contribution in [3.8, 4) is 16.9 Å². The molecule has 0 fully saturated rings. The van der Waals surface area contributed by atoms with Crippen LogP contribution in [0.1, 0.15) is 50.6 Å². The average molecular weight is 552 g/mol. The van der Waals surface area contributed by atoms with Crippen molar-refractivity contribution in [1.82, 2.24) is 19.5 Å². The molecule has 0 atom stereocenters. The SMILES string of the molecule is Cc1cc(OCCCc2c(C(=O)NS(=O)(=O)CCN)[nH]c3c(-c4c(C)nn(C)c4C)cccc23)cc(C)c1C. The van der Waals surface area contributed by atoms with Crippen LogP contribution in [0.5, 0.6) is 5.75 Å². The summed E-state index contributed by atoms with van der Waals surface area (Å²) in [4.78, 5) is 16.5. The van der Waals surface area contributed by atoms with Crippen molar-refractivity contribution >= 4 is 26.8 Å². The summed E-state index contributed by atoms with van der Waals surface area (Å²) in [6.07, 6.45) is 1.14. The topological polar surface area (TPSA) is 132 Å². The molecule has 0 saturated heterocycles. The Bertz CT molecular complexity index is 1630. The van der Waals surface area contributed by atoms with E-state index < -0.39 is 15.9 Å². The molecule has 2 aromatic carbocycles. The molecule has 0 aliphatic heterocycles. The molecule has 0 unspecified atom stereocenters. The van der Waals surface area contributed by atoms with Gasteiger partial charge in [0.2, 0.25) is 10.0 Å². The maximum absolute atomic E-state index is 13.3. The molecule has 0 saturated carbocycles. The summed E-state index contributed by atoms with van der Waals surface area (Å²) < 4.78 is 34.8. The number of sulfonamides is 1. The number of nitrogens with two attached hydrogens (primary N) is 1. The van der Waals surface area contributed by atoms with E-state index in [9.17, 15) is 13.2 Å². The van der Waals surface area contributed by atoms with E-state index in [1.54, 1.807) is 0 Å². The Hall–Kier alpha value is -3.63. The lowest BCUT2D eigenvalue weighted by Crippen LogP contribution is -2.35. The zero-order chi connectivity index (χ0) is 28.5. The van der Waals surface area contributed by atoms with Crippen molar-refractivity contribution in [2.75, 3.05) is 18.9 Å². The summed E-state index contributed by atoms with van der Waals surface area (Å²) in [5.41, 5.74) is 14.5. The van der Waals surface area contributed by atoms with Gasteiger partial charge < -0.3 is 15.5 Å². The number of hydrogen-bond acceptors (Lipinski definition) is 6. The fourth-order valence-corrected chi connectivity index (χ4v) is 5.81. The molecule has 0 spiro atoms. The number of nitrogens with one attached hydrogen (secondary N) is 2. The van der Waals surface area contributed by atoms with E-state index in [1.165, 1.54) is 16.7 Å². The molecule has 208 valence electrons. The van der Waals surface area contributed by atoms with E-state index in [0.29, 0.717) is 19.4 Å². The summed E-state index contributed by atoms with van der Waals surface area (Å²) in [7, 11) is -1.97. The number of carbonyl (C=O) groups is 1. The van der Waals surface area contributed by atoms with Gasteiger partial charge in [-0.25, -0.2) is 13.1 Å². The van der Waals surface area contributed by atoms with Gasteiger partial charge in [0.05, 0.1) is 23.6 Å². The lowest BCUT2D eigenvalue weighted by Gasteiger charge is -2.11. The molecule has 0 bridgehead atoms. The number of carbonyl (C=O) groups excluding carboxylic acids is 1. The molecule has 1 amide bonds. The first kappa shape index (κ1) is 28.4. The molecule has 0 aliphatic rings. The summed E-state index contributed by atoms with van der Waals surface area (Å²) in [5, 5.41) is 5.41. The number of aromatic amines is 1. The minimum Gasteiger partial charge on any atom is -0.494 e. The predicted octanol–water partition coefficient (Wildman–Crippen LogP) is 4.14. The zero-order valence-corrected chi connectivity index (χ0v) is 24.3. The molecule has 4 N–H and O–H groups in total. The van der Waals surface area contributed by atoms with Crippen LogP contribution in [0, 0.1) is 34.6 Å². The van der Waals surface area contributed by atoms with E-state index in [2.05, 4.69) is 35.6 Å². The molecule has 4 aromatic rings. The number of fused-ring (bicyclic) bond motifs is 1.